The highest BCUT2D eigenvalue weighted by atomic mass is 19.1. The number of amides is 3. The predicted octanol–water partition coefficient (Wildman–Crippen LogP) is 2.96. The SMILES string of the molecule is O=C(CNC(=O)Nc1ccc(F)cc1)N/N=C/c1c(O)ccc2ccccc12. The van der Waals surface area contributed by atoms with Crippen molar-refractivity contribution in [3.8, 4) is 5.75 Å². The van der Waals surface area contributed by atoms with E-state index in [2.05, 4.69) is 21.2 Å². The first kappa shape index (κ1) is 18.8. The van der Waals surface area contributed by atoms with Gasteiger partial charge in [-0.15, -0.1) is 0 Å². The Bertz CT molecular complexity index is 1040. The molecule has 0 aromatic heterocycles. The Morgan fingerprint density at radius 1 is 1.04 bits per heavy atom. The largest absolute Gasteiger partial charge is 0.507 e. The first-order chi connectivity index (χ1) is 13.5. The second-order valence-corrected chi connectivity index (χ2v) is 5.83. The van der Waals surface area contributed by atoms with E-state index >= 15 is 0 Å². The van der Waals surface area contributed by atoms with Crippen molar-refractivity contribution in [2.45, 2.75) is 0 Å². The third-order valence-electron chi connectivity index (χ3n) is 3.84. The highest BCUT2D eigenvalue weighted by Crippen LogP contribution is 2.25. The number of phenolic OH excluding ortho intramolecular Hbond substituents is 1. The van der Waals surface area contributed by atoms with Crippen molar-refractivity contribution >= 4 is 34.6 Å². The number of phenols is 1. The van der Waals surface area contributed by atoms with Crippen molar-refractivity contribution in [2.75, 3.05) is 11.9 Å². The van der Waals surface area contributed by atoms with E-state index in [0.717, 1.165) is 10.8 Å². The first-order valence-electron chi connectivity index (χ1n) is 8.36. The summed E-state index contributed by atoms with van der Waals surface area (Å²) in [5.74, 6) is -0.931. The molecule has 0 heterocycles. The number of hydrogen-bond acceptors (Lipinski definition) is 4. The maximum Gasteiger partial charge on any atom is 0.319 e. The number of nitrogens with one attached hydrogen (secondary N) is 3. The number of fused-ring (bicyclic) bond motifs is 1. The summed E-state index contributed by atoms with van der Waals surface area (Å²) < 4.78 is 12.8. The second-order valence-electron chi connectivity index (χ2n) is 5.83. The minimum absolute atomic E-state index is 0.0356. The number of urea groups is 1. The Balaban J connectivity index is 1.52. The number of carbonyl (C=O) groups is 2. The van der Waals surface area contributed by atoms with Crippen LogP contribution in [0.2, 0.25) is 0 Å². The maximum atomic E-state index is 12.8. The quantitative estimate of drug-likeness (QED) is 0.404. The van der Waals surface area contributed by atoms with Gasteiger partial charge >= 0.3 is 6.03 Å². The molecular formula is C20H17FN4O3. The van der Waals surface area contributed by atoms with Crippen LogP contribution < -0.4 is 16.1 Å². The lowest BCUT2D eigenvalue weighted by atomic mass is 10.0. The molecule has 142 valence electrons. The molecule has 0 bridgehead atoms. The second kappa shape index (κ2) is 8.63. The zero-order valence-electron chi connectivity index (χ0n) is 14.6. The summed E-state index contributed by atoms with van der Waals surface area (Å²) in [6.07, 6.45) is 1.34. The molecule has 4 N–H and O–H groups in total. The highest BCUT2D eigenvalue weighted by molar-refractivity contribution is 6.02. The van der Waals surface area contributed by atoms with E-state index in [9.17, 15) is 19.1 Å². The van der Waals surface area contributed by atoms with E-state index in [1.165, 1.54) is 30.5 Å². The van der Waals surface area contributed by atoms with Gasteiger partial charge in [-0.3, -0.25) is 4.79 Å². The molecule has 0 spiro atoms. The fourth-order valence-corrected chi connectivity index (χ4v) is 2.50. The topological polar surface area (TPSA) is 103 Å². The predicted molar refractivity (Wildman–Crippen MR) is 105 cm³/mol. The number of anilines is 1. The third kappa shape index (κ3) is 4.82. The van der Waals surface area contributed by atoms with Gasteiger partial charge in [-0.25, -0.2) is 14.6 Å². The molecule has 3 aromatic carbocycles. The number of hydrazone groups is 1. The summed E-state index contributed by atoms with van der Waals surface area (Å²) in [4.78, 5) is 23.5. The van der Waals surface area contributed by atoms with Gasteiger partial charge in [-0.1, -0.05) is 30.3 Å². The monoisotopic (exact) mass is 380 g/mol. The van der Waals surface area contributed by atoms with Crippen molar-refractivity contribution in [3.63, 3.8) is 0 Å². The Kier molecular flexibility index (Phi) is 5.81. The van der Waals surface area contributed by atoms with Gasteiger partial charge in [-0.05, 0) is 41.1 Å². The van der Waals surface area contributed by atoms with Gasteiger partial charge in [0, 0.05) is 11.3 Å². The van der Waals surface area contributed by atoms with Crippen LogP contribution >= 0.6 is 0 Å². The summed E-state index contributed by atoms with van der Waals surface area (Å²) >= 11 is 0. The van der Waals surface area contributed by atoms with Crippen LogP contribution in [-0.4, -0.2) is 29.8 Å². The van der Waals surface area contributed by atoms with E-state index < -0.39 is 17.8 Å². The molecule has 0 saturated carbocycles. The molecule has 8 heteroatoms. The third-order valence-corrected chi connectivity index (χ3v) is 3.84. The first-order valence-corrected chi connectivity index (χ1v) is 8.36. The van der Waals surface area contributed by atoms with Gasteiger partial charge in [0.1, 0.15) is 18.1 Å². The van der Waals surface area contributed by atoms with Gasteiger partial charge in [0.2, 0.25) is 0 Å². The van der Waals surface area contributed by atoms with E-state index in [0.29, 0.717) is 11.3 Å². The van der Waals surface area contributed by atoms with Gasteiger partial charge in [0.15, 0.2) is 0 Å². The minimum atomic E-state index is -0.613. The Morgan fingerprint density at radius 3 is 2.57 bits per heavy atom. The van der Waals surface area contributed by atoms with Crippen molar-refractivity contribution in [1.82, 2.24) is 10.7 Å². The zero-order valence-corrected chi connectivity index (χ0v) is 14.6. The number of nitrogens with zero attached hydrogens (tertiary/aromatic N) is 1. The van der Waals surface area contributed by atoms with Crippen molar-refractivity contribution in [3.05, 3.63) is 72.0 Å². The summed E-state index contributed by atoms with van der Waals surface area (Å²) in [6, 6.07) is 15.4. The van der Waals surface area contributed by atoms with Crippen LogP contribution in [0.5, 0.6) is 5.75 Å². The Hall–Kier alpha value is -3.94. The van der Waals surface area contributed by atoms with Crippen LogP contribution in [0.4, 0.5) is 14.9 Å². The molecule has 0 aliphatic heterocycles. The highest BCUT2D eigenvalue weighted by Gasteiger charge is 2.07. The zero-order chi connectivity index (χ0) is 19.9. The van der Waals surface area contributed by atoms with Crippen LogP contribution in [0.3, 0.4) is 0 Å². The lowest BCUT2D eigenvalue weighted by Gasteiger charge is -2.07. The molecule has 3 amide bonds. The smallest absolute Gasteiger partial charge is 0.319 e. The Labute approximate surface area is 159 Å². The van der Waals surface area contributed by atoms with Crippen LogP contribution in [0, 0.1) is 5.82 Å². The van der Waals surface area contributed by atoms with E-state index in [-0.39, 0.29) is 12.3 Å². The Morgan fingerprint density at radius 2 is 1.79 bits per heavy atom. The molecule has 0 aliphatic carbocycles. The number of hydrogen-bond donors (Lipinski definition) is 4. The number of carbonyl (C=O) groups excluding carboxylic acids is 2. The molecule has 3 aromatic rings. The van der Waals surface area contributed by atoms with Crippen LogP contribution in [0.15, 0.2) is 65.8 Å². The van der Waals surface area contributed by atoms with E-state index in [1.54, 1.807) is 12.1 Å². The number of halogens is 1. The molecule has 28 heavy (non-hydrogen) atoms. The lowest BCUT2D eigenvalue weighted by Crippen LogP contribution is -2.37. The normalized spacial score (nSPS) is 10.8. The molecule has 0 aliphatic rings. The van der Waals surface area contributed by atoms with E-state index in [4.69, 9.17) is 0 Å². The van der Waals surface area contributed by atoms with Crippen molar-refractivity contribution in [1.29, 1.82) is 0 Å². The van der Waals surface area contributed by atoms with Crippen LogP contribution in [-0.2, 0) is 4.79 Å². The average Bonchev–Trinajstić information content (AvgIpc) is 2.70. The number of aromatic hydroxyl groups is 1. The van der Waals surface area contributed by atoms with Crippen LogP contribution in [0.25, 0.3) is 10.8 Å². The van der Waals surface area contributed by atoms with Gasteiger partial charge < -0.3 is 15.7 Å². The summed E-state index contributed by atoms with van der Waals surface area (Å²) in [6.45, 7) is -0.314. The maximum absolute atomic E-state index is 12.8. The average molecular weight is 380 g/mol. The van der Waals surface area contributed by atoms with Crippen molar-refractivity contribution < 1.29 is 19.1 Å². The standard InChI is InChI=1S/C20H17FN4O3/c21-14-6-8-15(9-7-14)24-20(28)22-12-19(27)25-23-11-17-16-4-2-1-3-13(16)5-10-18(17)26/h1-11,26H,12H2,(H,25,27)(H2,22,24,28)/b23-11+. The molecule has 0 fully saturated rings. The molecular weight excluding hydrogens is 363 g/mol. The molecule has 7 nitrogen and oxygen atoms in total. The molecule has 0 unspecified atom stereocenters. The van der Waals surface area contributed by atoms with Crippen molar-refractivity contribution in [2.24, 2.45) is 5.10 Å². The van der Waals surface area contributed by atoms with Gasteiger partial charge in [0.05, 0.1) is 6.21 Å². The van der Waals surface area contributed by atoms with E-state index in [1.807, 2.05) is 24.3 Å². The molecule has 3 rings (SSSR count). The van der Waals surface area contributed by atoms with Crippen LogP contribution in [0.1, 0.15) is 5.56 Å². The fourth-order valence-electron chi connectivity index (χ4n) is 2.50. The minimum Gasteiger partial charge on any atom is -0.507 e. The molecule has 0 atom stereocenters. The lowest BCUT2D eigenvalue weighted by molar-refractivity contribution is -0.120. The summed E-state index contributed by atoms with van der Waals surface area (Å²) in [5, 5.41) is 20.4. The number of rotatable bonds is 5. The van der Waals surface area contributed by atoms with Gasteiger partial charge in [-0.2, -0.15) is 5.10 Å². The van der Waals surface area contributed by atoms with Gasteiger partial charge in [0.25, 0.3) is 5.91 Å². The summed E-state index contributed by atoms with van der Waals surface area (Å²) in [5.41, 5.74) is 3.14. The number of benzene rings is 3. The summed E-state index contributed by atoms with van der Waals surface area (Å²) in [7, 11) is 0. The molecule has 0 radical (unpaired) electrons. The molecule has 0 saturated heterocycles. The fraction of sp³-hybridized carbons (Fsp3) is 0.0500.